The smallest absolute Gasteiger partial charge is 0.410 e. The number of nitrogens with zero attached hydrogens (tertiary/aromatic N) is 2. The number of thioether (sulfide) groups is 1. The van der Waals surface area contributed by atoms with Gasteiger partial charge in [0.15, 0.2) is 0 Å². The number of carbonyl (C=O) groups is 1. The summed E-state index contributed by atoms with van der Waals surface area (Å²) in [5.41, 5.74) is 6.56. The molecule has 19 heavy (non-hydrogen) atoms. The van der Waals surface area contributed by atoms with Crippen LogP contribution in [0.1, 0.15) is 27.2 Å². The number of carbonyl (C=O) groups excluding carboxylic acids is 1. The lowest BCUT2D eigenvalue weighted by Crippen LogP contribution is -2.40. The van der Waals surface area contributed by atoms with E-state index in [1.54, 1.807) is 4.90 Å². The van der Waals surface area contributed by atoms with Crippen LogP contribution in [0.4, 0.5) is 4.79 Å². The van der Waals surface area contributed by atoms with Crippen molar-refractivity contribution in [1.29, 1.82) is 5.26 Å². The maximum Gasteiger partial charge on any atom is 0.410 e. The van der Waals surface area contributed by atoms with E-state index in [1.807, 2.05) is 20.8 Å². The van der Waals surface area contributed by atoms with Crippen molar-refractivity contribution in [3.63, 3.8) is 0 Å². The number of rotatable bonds is 0. The van der Waals surface area contributed by atoms with E-state index in [4.69, 9.17) is 15.7 Å². The molecule has 0 spiro atoms. The highest BCUT2D eigenvalue weighted by molar-refractivity contribution is 8.04. The van der Waals surface area contributed by atoms with Gasteiger partial charge in [-0.05, 0) is 32.8 Å². The summed E-state index contributed by atoms with van der Waals surface area (Å²) < 4.78 is 5.36. The van der Waals surface area contributed by atoms with Gasteiger partial charge >= 0.3 is 6.09 Å². The van der Waals surface area contributed by atoms with Crippen molar-refractivity contribution in [2.75, 3.05) is 13.1 Å². The van der Waals surface area contributed by atoms with Gasteiger partial charge in [-0.2, -0.15) is 5.26 Å². The first-order valence-corrected chi connectivity index (χ1v) is 7.21. The van der Waals surface area contributed by atoms with Crippen LogP contribution in [0.3, 0.4) is 0 Å². The molecule has 0 aromatic heterocycles. The second-order valence-electron chi connectivity index (χ2n) is 5.79. The summed E-state index contributed by atoms with van der Waals surface area (Å²) in [6, 6.07) is 2.26. The molecule has 2 atom stereocenters. The Morgan fingerprint density at radius 2 is 2.26 bits per heavy atom. The van der Waals surface area contributed by atoms with Crippen molar-refractivity contribution in [3.05, 3.63) is 10.5 Å². The summed E-state index contributed by atoms with van der Waals surface area (Å²) in [6.07, 6.45) is 0.418. The lowest BCUT2D eigenvalue weighted by Gasteiger charge is -2.30. The third kappa shape index (κ3) is 3.04. The van der Waals surface area contributed by atoms with Crippen molar-refractivity contribution in [2.45, 2.75) is 38.2 Å². The van der Waals surface area contributed by atoms with Gasteiger partial charge in [0.1, 0.15) is 5.60 Å². The molecule has 2 unspecified atom stereocenters. The number of hydrogen-bond acceptors (Lipinski definition) is 5. The molecule has 5 nitrogen and oxygen atoms in total. The molecule has 0 saturated carbocycles. The van der Waals surface area contributed by atoms with Gasteiger partial charge in [0.2, 0.25) is 0 Å². The topological polar surface area (TPSA) is 79.3 Å². The molecule has 2 N–H and O–H groups in total. The first-order chi connectivity index (χ1) is 8.81. The monoisotopic (exact) mass is 281 g/mol. The second-order valence-corrected chi connectivity index (χ2v) is 7.06. The Bertz CT molecular complexity index is 461. The molecule has 0 bridgehead atoms. The number of ether oxygens (including phenoxy) is 1. The third-order valence-electron chi connectivity index (χ3n) is 3.12. The van der Waals surface area contributed by atoms with Crippen LogP contribution in [0.5, 0.6) is 0 Å². The second kappa shape index (κ2) is 5.06. The van der Waals surface area contributed by atoms with E-state index < -0.39 is 5.60 Å². The minimum Gasteiger partial charge on any atom is -0.444 e. The Morgan fingerprint density at radius 1 is 1.58 bits per heavy atom. The minimum absolute atomic E-state index is 0.200. The van der Waals surface area contributed by atoms with E-state index in [9.17, 15) is 4.79 Å². The van der Waals surface area contributed by atoms with Gasteiger partial charge in [0.05, 0.1) is 23.9 Å². The van der Waals surface area contributed by atoms with E-state index >= 15 is 0 Å². The highest BCUT2D eigenvalue weighted by Gasteiger charge is 2.38. The maximum atomic E-state index is 12.0. The molecule has 2 heterocycles. The predicted molar refractivity (Wildman–Crippen MR) is 74.1 cm³/mol. The van der Waals surface area contributed by atoms with Crippen molar-refractivity contribution in [2.24, 2.45) is 11.7 Å². The molecule has 0 fully saturated rings. The van der Waals surface area contributed by atoms with Gasteiger partial charge in [0.25, 0.3) is 0 Å². The average molecular weight is 281 g/mol. The van der Waals surface area contributed by atoms with Crippen molar-refractivity contribution in [3.8, 4) is 6.07 Å². The molecule has 2 aliphatic rings. The van der Waals surface area contributed by atoms with Crippen LogP contribution in [0, 0.1) is 17.2 Å². The first kappa shape index (κ1) is 14.2. The normalized spacial score (nSPS) is 27.0. The molecule has 0 aromatic carbocycles. The van der Waals surface area contributed by atoms with E-state index in [0.29, 0.717) is 19.5 Å². The SMILES string of the molecule is CC(C)(C)OC(=O)N1CCC2=C(C1)SC(N)C2C#N. The van der Waals surface area contributed by atoms with Crippen molar-refractivity contribution in [1.82, 2.24) is 4.90 Å². The molecular formula is C13H19N3O2S. The quantitative estimate of drug-likeness (QED) is 0.735. The third-order valence-corrected chi connectivity index (χ3v) is 4.34. The van der Waals surface area contributed by atoms with Crippen LogP contribution in [-0.2, 0) is 4.74 Å². The highest BCUT2D eigenvalue weighted by atomic mass is 32.2. The first-order valence-electron chi connectivity index (χ1n) is 6.33. The number of amides is 1. The van der Waals surface area contributed by atoms with E-state index in [1.165, 1.54) is 11.8 Å². The summed E-state index contributed by atoms with van der Waals surface area (Å²) >= 11 is 1.51. The zero-order valence-electron chi connectivity index (χ0n) is 11.5. The van der Waals surface area contributed by atoms with Crippen molar-refractivity contribution >= 4 is 17.9 Å². The van der Waals surface area contributed by atoms with Gasteiger partial charge in [-0.3, -0.25) is 0 Å². The van der Waals surface area contributed by atoms with Crippen LogP contribution in [-0.4, -0.2) is 35.1 Å². The summed E-state index contributed by atoms with van der Waals surface area (Å²) in [7, 11) is 0. The van der Waals surface area contributed by atoms with Gasteiger partial charge in [-0.1, -0.05) is 0 Å². The van der Waals surface area contributed by atoms with Gasteiger partial charge in [-0.15, -0.1) is 11.8 Å². The number of nitrogens with two attached hydrogens (primary N) is 1. The fraction of sp³-hybridized carbons (Fsp3) is 0.692. The molecule has 0 aromatic rings. The molecule has 104 valence electrons. The molecular weight excluding hydrogens is 262 g/mol. The van der Waals surface area contributed by atoms with Crippen LogP contribution in [0.15, 0.2) is 10.5 Å². The predicted octanol–water partition coefficient (Wildman–Crippen LogP) is 2.05. The van der Waals surface area contributed by atoms with E-state index in [-0.39, 0.29) is 17.4 Å². The molecule has 0 aliphatic carbocycles. The Hall–Kier alpha value is -1.19. The molecule has 1 amide bonds. The summed E-state index contributed by atoms with van der Waals surface area (Å²) in [4.78, 5) is 14.8. The Labute approximate surface area is 117 Å². The molecule has 2 aliphatic heterocycles. The Kier molecular flexibility index (Phi) is 3.79. The standard InChI is InChI=1S/C13H19N3O2S/c1-13(2,3)18-12(17)16-5-4-8-9(6-14)11(15)19-10(8)7-16/h9,11H,4-5,7,15H2,1-3H3. The Morgan fingerprint density at radius 3 is 2.84 bits per heavy atom. The number of nitriles is 1. The maximum absolute atomic E-state index is 12.0. The zero-order chi connectivity index (χ0) is 14.2. The van der Waals surface area contributed by atoms with Crippen LogP contribution < -0.4 is 5.73 Å². The molecule has 0 radical (unpaired) electrons. The number of hydrogen-bond donors (Lipinski definition) is 1. The zero-order valence-corrected chi connectivity index (χ0v) is 12.3. The van der Waals surface area contributed by atoms with Crippen LogP contribution in [0.25, 0.3) is 0 Å². The molecule has 2 rings (SSSR count). The summed E-state index contributed by atoms with van der Waals surface area (Å²) in [6.45, 7) is 6.67. The van der Waals surface area contributed by atoms with Crippen LogP contribution >= 0.6 is 11.8 Å². The molecule has 6 heteroatoms. The van der Waals surface area contributed by atoms with Crippen molar-refractivity contribution < 1.29 is 9.53 Å². The summed E-state index contributed by atoms with van der Waals surface area (Å²) in [5, 5.41) is 8.92. The average Bonchev–Trinajstić information content (AvgIpc) is 2.60. The van der Waals surface area contributed by atoms with Gasteiger partial charge in [-0.25, -0.2) is 4.79 Å². The molecule has 0 saturated heterocycles. The van der Waals surface area contributed by atoms with E-state index in [2.05, 4.69) is 6.07 Å². The van der Waals surface area contributed by atoms with Gasteiger partial charge in [0, 0.05) is 11.4 Å². The van der Waals surface area contributed by atoms with E-state index in [0.717, 1.165) is 10.5 Å². The summed E-state index contributed by atoms with van der Waals surface area (Å²) in [5.74, 6) is -0.208. The highest BCUT2D eigenvalue weighted by Crippen LogP contribution is 2.43. The lowest BCUT2D eigenvalue weighted by molar-refractivity contribution is 0.0263. The Balaban J connectivity index is 2.05. The fourth-order valence-electron chi connectivity index (χ4n) is 2.25. The lowest BCUT2D eigenvalue weighted by atomic mass is 9.95. The van der Waals surface area contributed by atoms with Gasteiger partial charge < -0.3 is 15.4 Å². The largest absolute Gasteiger partial charge is 0.444 e. The minimum atomic E-state index is -0.486. The fourth-order valence-corrected chi connectivity index (χ4v) is 3.56. The van der Waals surface area contributed by atoms with Crippen LogP contribution in [0.2, 0.25) is 0 Å².